The molecule has 3 heteroatoms. The molecule has 0 aromatic heterocycles. The number of primary amides is 1. The zero-order valence-corrected chi connectivity index (χ0v) is 5.55. The number of hydrogen-bond donors (Lipinski definition) is 2. The summed E-state index contributed by atoms with van der Waals surface area (Å²) in [6.07, 6.45) is 2.38. The second kappa shape index (κ2) is 2.35. The Morgan fingerprint density at radius 2 is 2.33 bits per heavy atom. The average Bonchev–Trinajstić information content (AvgIpc) is 2.50. The van der Waals surface area contributed by atoms with Gasteiger partial charge in [-0.2, -0.15) is 0 Å². The summed E-state index contributed by atoms with van der Waals surface area (Å²) in [5.41, 5.74) is 5.01. The highest BCUT2D eigenvalue weighted by Gasteiger charge is 2.24. The zero-order chi connectivity index (χ0) is 6.85. The van der Waals surface area contributed by atoms with E-state index >= 15 is 0 Å². The Bertz CT molecular complexity index is 120. The highest BCUT2D eigenvalue weighted by atomic mass is 16.1. The molecule has 0 aromatic rings. The third kappa shape index (κ3) is 2.01. The summed E-state index contributed by atoms with van der Waals surface area (Å²) in [6, 6.07) is 0.407. The fourth-order valence-electron chi connectivity index (χ4n) is 0.686. The van der Waals surface area contributed by atoms with Gasteiger partial charge in [0.1, 0.15) is 0 Å². The van der Waals surface area contributed by atoms with Gasteiger partial charge in [-0.3, -0.25) is 4.79 Å². The monoisotopic (exact) mass is 128 g/mol. The standard InChI is InChI=1S/C6H12N2O/c1-4(6(7)9)8-5-2-3-5/h4-5,8H,2-3H2,1H3,(H2,7,9)/t4-/m1/s1. The second-order valence-electron chi connectivity index (χ2n) is 2.56. The Morgan fingerprint density at radius 1 is 1.78 bits per heavy atom. The predicted octanol–water partition coefficient (Wildman–Crippen LogP) is -0.388. The van der Waals surface area contributed by atoms with Crippen molar-refractivity contribution in [3.63, 3.8) is 0 Å². The second-order valence-corrected chi connectivity index (χ2v) is 2.56. The van der Waals surface area contributed by atoms with Gasteiger partial charge in [0.05, 0.1) is 6.04 Å². The molecule has 3 N–H and O–H groups in total. The van der Waals surface area contributed by atoms with Crippen LogP contribution in [-0.4, -0.2) is 18.0 Å². The van der Waals surface area contributed by atoms with Gasteiger partial charge in [0, 0.05) is 6.04 Å². The van der Waals surface area contributed by atoms with Crippen molar-refractivity contribution in [3.8, 4) is 0 Å². The summed E-state index contributed by atoms with van der Waals surface area (Å²) in [6.45, 7) is 1.79. The topological polar surface area (TPSA) is 55.1 Å². The van der Waals surface area contributed by atoms with Crippen molar-refractivity contribution in [1.29, 1.82) is 0 Å². The van der Waals surface area contributed by atoms with E-state index in [1.54, 1.807) is 6.92 Å². The van der Waals surface area contributed by atoms with Crippen molar-refractivity contribution < 1.29 is 4.79 Å². The molecule has 9 heavy (non-hydrogen) atoms. The molecule has 0 aromatic carbocycles. The van der Waals surface area contributed by atoms with Crippen LogP contribution >= 0.6 is 0 Å². The zero-order valence-electron chi connectivity index (χ0n) is 5.55. The maximum atomic E-state index is 10.4. The first-order chi connectivity index (χ1) is 4.20. The van der Waals surface area contributed by atoms with Gasteiger partial charge in [-0.25, -0.2) is 0 Å². The van der Waals surface area contributed by atoms with Gasteiger partial charge in [-0.15, -0.1) is 0 Å². The molecule has 1 fully saturated rings. The Morgan fingerprint density at radius 3 is 2.67 bits per heavy atom. The van der Waals surface area contributed by atoms with Crippen molar-refractivity contribution >= 4 is 5.91 Å². The van der Waals surface area contributed by atoms with Gasteiger partial charge in [0.2, 0.25) is 5.91 Å². The first-order valence-electron chi connectivity index (χ1n) is 3.25. The van der Waals surface area contributed by atoms with E-state index in [0.29, 0.717) is 6.04 Å². The summed E-state index contributed by atoms with van der Waals surface area (Å²) >= 11 is 0. The molecule has 1 aliphatic carbocycles. The normalized spacial score (nSPS) is 21.4. The summed E-state index contributed by atoms with van der Waals surface area (Å²) < 4.78 is 0. The van der Waals surface area contributed by atoms with Crippen LogP contribution in [0.5, 0.6) is 0 Å². The Kier molecular flexibility index (Phi) is 1.71. The van der Waals surface area contributed by atoms with Crippen LogP contribution < -0.4 is 11.1 Å². The summed E-state index contributed by atoms with van der Waals surface area (Å²) in [7, 11) is 0. The fourth-order valence-corrected chi connectivity index (χ4v) is 0.686. The van der Waals surface area contributed by atoms with Crippen molar-refractivity contribution in [3.05, 3.63) is 0 Å². The molecule has 0 radical (unpaired) electrons. The number of nitrogens with one attached hydrogen (secondary N) is 1. The van der Waals surface area contributed by atoms with E-state index in [0.717, 1.165) is 0 Å². The molecule has 0 unspecified atom stereocenters. The van der Waals surface area contributed by atoms with E-state index in [1.165, 1.54) is 12.8 Å². The minimum atomic E-state index is -0.262. The number of hydrogen-bond acceptors (Lipinski definition) is 2. The molecule has 52 valence electrons. The number of rotatable bonds is 3. The smallest absolute Gasteiger partial charge is 0.234 e. The number of carbonyl (C=O) groups is 1. The molecule has 0 spiro atoms. The molecule has 0 heterocycles. The van der Waals surface area contributed by atoms with Crippen LogP contribution in [0.25, 0.3) is 0 Å². The SMILES string of the molecule is C[C@@H](NC1CC1)C(N)=O. The minimum Gasteiger partial charge on any atom is -0.368 e. The number of nitrogens with two attached hydrogens (primary N) is 1. The molecule has 1 rings (SSSR count). The highest BCUT2D eigenvalue weighted by Crippen LogP contribution is 2.18. The van der Waals surface area contributed by atoms with E-state index < -0.39 is 0 Å². The van der Waals surface area contributed by atoms with Gasteiger partial charge in [-0.05, 0) is 19.8 Å². The molecule has 1 atom stereocenters. The van der Waals surface area contributed by atoms with Crippen LogP contribution in [-0.2, 0) is 4.79 Å². The van der Waals surface area contributed by atoms with Crippen LogP contribution in [0.3, 0.4) is 0 Å². The van der Waals surface area contributed by atoms with Crippen LogP contribution in [0.2, 0.25) is 0 Å². The van der Waals surface area contributed by atoms with Crippen molar-refractivity contribution in [2.75, 3.05) is 0 Å². The van der Waals surface area contributed by atoms with E-state index in [-0.39, 0.29) is 11.9 Å². The molecule has 1 amide bonds. The van der Waals surface area contributed by atoms with Crippen molar-refractivity contribution in [2.24, 2.45) is 5.73 Å². The van der Waals surface area contributed by atoms with Gasteiger partial charge in [-0.1, -0.05) is 0 Å². The van der Waals surface area contributed by atoms with E-state index in [4.69, 9.17) is 5.73 Å². The maximum Gasteiger partial charge on any atom is 0.234 e. The lowest BCUT2D eigenvalue weighted by Gasteiger charge is -2.06. The number of carbonyl (C=O) groups excluding carboxylic acids is 1. The molecule has 0 bridgehead atoms. The molecule has 0 saturated heterocycles. The van der Waals surface area contributed by atoms with Crippen LogP contribution in [0.15, 0.2) is 0 Å². The summed E-state index contributed by atoms with van der Waals surface area (Å²) in [5.74, 6) is -0.262. The van der Waals surface area contributed by atoms with Crippen LogP contribution in [0.4, 0.5) is 0 Å². The lowest BCUT2D eigenvalue weighted by Crippen LogP contribution is -2.39. The van der Waals surface area contributed by atoms with Gasteiger partial charge in [0.15, 0.2) is 0 Å². The Balaban J connectivity index is 2.16. The quantitative estimate of drug-likeness (QED) is 0.544. The summed E-state index contributed by atoms with van der Waals surface area (Å²) in [5, 5.41) is 3.08. The molecule has 1 aliphatic rings. The average molecular weight is 128 g/mol. The van der Waals surface area contributed by atoms with E-state index in [1.807, 2.05) is 0 Å². The van der Waals surface area contributed by atoms with Gasteiger partial charge in [0.25, 0.3) is 0 Å². The maximum absolute atomic E-state index is 10.4. The molecular formula is C6H12N2O. The fraction of sp³-hybridized carbons (Fsp3) is 0.833. The van der Waals surface area contributed by atoms with E-state index in [2.05, 4.69) is 5.32 Å². The third-order valence-corrected chi connectivity index (χ3v) is 1.49. The Labute approximate surface area is 54.6 Å². The van der Waals surface area contributed by atoms with Crippen molar-refractivity contribution in [1.82, 2.24) is 5.32 Å². The first kappa shape index (κ1) is 6.55. The third-order valence-electron chi connectivity index (χ3n) is 1.49. The number of amides is 1. The van der Waals surface area contributed by atoms with Crippen LogP contribution in [0, 0.1) is 0 Å². The van der Waals surface area contributed by atoms with E-state index in [9.17, 15) is 4.79 Å². The van der Waals surface area contributed by atoms with Gasteiger partial charge >= 0.3 is 0 Å². The van der Waals surface area contributed by atoms with Crippen LogP contribution in [0.1, 0.15) is 19.8 Å². The molecule has 3 nitrogen and oxygen atoms in total. The predicted molar refractivity (Wildman–Crippen MR) is 34.8 cm³/mol. The summed E-state index contributed by atoms with van der Waals surface area (Å²) in [4.78, 5) is 10.4. The lowest BCUT2D eigenvalue weighted by atomic mass is 10.3. The Hall–Kier alpha value is -0.570. The molecule has 1 saturated carbocycles. The minimum absolute atomic E-state index is 0.155. The molecular weight excluding hydrogens is 116 g/mol. The van der Waals surface area contributed by atoms with Gasteiger partial charge < -0.3 is 11.1 Å². The highest BCUT2D eigenvalue weighted by molar-refractivity contribution is 5.79. The van der Waals surface area contributed by atoms with Crippen molar-refractivity contribution in [2.45, 2.75) is 31.8 Å². The lowest BCUT2D eigenvalue weighted by molar-refractivity contribution is -0.119. The molecule has 0 aliphatic heterocycles. The largest absolute Gasteiger partial charge is 0.368 e. The first-order valence-corrected chi connectivity index (χ1v) is 3.25.